The highest BCUT2D eigenvalue weighted by Crippen LogP contribution is 2.20. The summed E-state index contributed by atoms with van der Waals surface area (Å²) in [4.78, 5) is 34.0. The molecular formula is C14H12IN3O4. The minimum absolute atomic E-state index is 0.149. The van der Waals surface area contributed by atoms with Gasteiger partial charge in [-0.3, -0.25) is 19.7 Å². The lowest BCUT2D eigenvalue weighted by Gasteiger charge is -2.09. The van der Waals surface area contributed by atoms with Gasteiger partial charge in [0.1, 0.15) is 0 Å². The Hall–Kier alpha value is -2.23. The summed E-state index contributed by atoms with van der Waals surface area (Å²) in [6.45, 7) is 2.30. The number of halogens is 1. The number of anilines is 1. The first-order valence-electron chi connectivity index (χ1n) is 6.38. The molecule has 2 aromatic rings. The SMILES string of the molecule is CCn1cc(NC(=O)c2cc([N+](=O)[O-])ccc2I)ccc1=O. The second kappa shape index (κ2) is 6.69. The van der Waals surface area contributed by atoms with Crippen molar-refractivity contribution in [3.8, 4) is 0 Å². The quantitative estimate of drug-likeness (QED) is 0.474. The number of rotatable bonds is 4. The molecule has 7 nitrogen and oxygen atoms in total. The molecule has 1 heterocycles. The molecule has 1 aromatic heterocycles. The average Bonchev–Trinajstić information content (AvgIpc) is 2.49. The molecule has 0 aliphatic rings. The van der Waals surface area contributed by atoms with Crippen molar-refractivity contribution in [2.75, 3.05) is 5.32 Å². The summed E-state index contributed by atoms with van der Waals surface area (Å²) in [5, 5.41) is 13.4. The van der Waals surface area contributed by atoms with Crippen molar-refractivity contribution in [1.29, 1.82) is 0 Å². The first-order chi connectivity index (χ1) is 10.4. The van der Waals surface area contributed by atoms with Crippen LogP contribution in [0, 0.1) is 13.7 Å². The Balaban J connectivity index is 2.31. The standard InChI is InChI=1S/C14H12IN3O4/c1-2-17-8-9(3-6-13(17)19)16-14(20)11-7-10(18(21)22)4-5-12(11)15/h3-8H,2H2,1H3,(H,16,20). The van der Waals surface area contributed by atoms with Crippen LogP contribution in [0.4, 0.5) is 11.4 Å². The number of pyridine rings is 1. The van der Waals surface area contributed by atoms with E-state index in [9.17, 15) is 19.7 Å². The van der Waals surface area contributed by atoms with Crippen LogP contribution < -0.4 is 10.9 Å². The third kappa shape index (κ3) is 3.50. The van der Waals surface area contributed by atoms with E-state index in [0.29, 0.717) is 15.8 Å². The Morgan fingerprint density at radius 2 is 2.09 bits per heavy atom. The molecule has 0 unspecified atom stereocenters. The van der Waals surface area contributed by atoms with Gasteiger partial charge in [-0.05, 0) is 41.6 Å². The lowest BCUT2D eigenvalue weighted by atomic mass is 10.2. The lowest BCUT2D eigenvalue weighted by molar-refractivity contribution is -0.384. The number of carbonyl (C=O) groups excluding carboxylic acids is 1. The van der Waals surface area contributed by atoms with Gasteiger partial charge in [-0.2, -0.15) is 0 Å². The molecule has 2 rings (SSSR count). The molecule has 0 saturated heterocycles. The highest BCUT2D eigenvalue weighted by molar-refractivity contribution is 14.1. The molecule has 22 heavy (non-hydrogen) atoms. The molecule has 1 aromatic carbocycles. The second-order valence-corrected chi connectivity index (χ2v) is 5.58. The fourth-order valence-electron chi connectivity index (χ4n) is 1.85. The van der Waals surface area contributed by atoms with Crippen LogP contribution in [-0.2, 0) is 6.54 Å². The number of carbonyl (C=O) groups is 1. The largest absolute Gasteiger partial charge is 0.321 e. The van der Waals surface area contributed by atoms with Crippen molar-refractivity contribution in [2.45, 2.75) is 13.5 Å². The summed E-state index contributed by atoms with van der Waals surface area (Å²) in [6.07, 6.45) is 1.53. The van der Waals surface area contributed by atoms with Crippen molar-refractivity contribution < 1.29 is 9.72 Å². The van der Waals surface area contributed by atoms with Gasteiger partial charge in [0.05, 0.1) is 16.2 Å². The fourth-order valence-corrected chi connectivity index (χ4v) is 2.43. The highest BCUT2D eigenvalue weighted by atomic mass is 127. The van der Waals surface area contributed by atoms with Crippen molar-refractivity contribution in [3.05, 3.63) is 66.1 Å². The van der Waals surface area contributed by atoms with E-state index < -0.39 is 10.8 Å². The number of nitrogens with one attached hydrogen (secondary N) is 1. The van der Waals surface area contributed by atoms with Gasteiger partial charge in [0.2, 0.25) is 0 Å². The van der Waals surface area contributed by atoms with Gasteiger partial charge in [0.25, 0.3) is 17.2 Å². The molecule has 0 aliphatic heterocycles. The summed E-state index contributed by atoms with van der Waals surface area (Å²) >= 11 is 1.94. The minimum Gasteiger partial charge on any atom is -0.321 e. The molecule has 1 N–H and O–H groups in total. The van der Waals surface area contributed by atoms with Crippen LogP contribution in [0.3, 0.4) is 0 Å². The van der Waals surface area contributed by atoms with Crippen molar-refractivity contribution in [2.24, 2.45) is 0 Å². The molecule has 0 bridgehead atoms. The van der Waals surface area contributed by atoms with E-state index in [1.54, 1.807) is 0 Å². The molecule has 0 radical (unpaired) electrons. The molecule has 0 spiro atoms. The maximum atomic E-state index is 12.3. The Bertz CT molecular complexity index is 801. The van der Waals surface area contributed by atoms with Gasteiger partial charge in [-0.1, -0.05) is 0 Å². The van der Waals surface area contributed by atoms with E-state index in [2.05, 4.69) is 5.32 Å². The summed E-state index contributed by atoms with van der Waals surface area (Å²) < 4.78 is 2.05. The van der Waals surface area contributed by atoms with Crippen LogP contribution in [-0.4, -0.2) is 15.4 Å². The predicted molar refractivity (Wildman–Crippen MR) is 90.1 cm³/mol. The van der Waals surface area contributed by atoms with Crippen LogP contribution >= 0.6 is 22.6 Å². The summed E-state index contributed by atoms with van der Waals surface area (Å²) in [7, 11) is 0. The number of hydrogen-bond acceptors (Lipinski definition) is 4. The van der Waals surface area contributed by atoms with E-state index in [0.717, 1.165) is 0 Å². The number of hydrogen-bond donors (Lipinski definition) is 1. The van der Waals surface area contributed by atoms with Crippen LogP contribution in [0.5, 0.6) is 0 Å². The number of non-ortho nitro benzene ring substituents is 1. The van der Waals surface area contributed by atoms with Gasteiger partial charge in [-0.25, -0.2) is 0 Å². The minimum atomic E-state index is -0.551. The second-order valence-electron chi connectivity index (χ2n) is 4.42. The normalized spacial score (nSPS) is 10.3. The topological polar surface area (TPSA) is 94.2 Å². The van der Waals surface area contributed by atoms with Gasteiger partial charge in [0, 0.05) is 34.5 Å². The Morgan fingerprint density at radius 3 is 2.73 bits per heavy atom. The fraction of sp³-hybridized carbons (Fsp3) is 0.143. The molecule has 1 amide bonds. The monoisotopic (exact) mass is 413 g/mol. The summed E-state index contributed by atoms with van der Waals surface area (Å²) in [6, 6.07) is 6.94. The lowest BCUT2D eigenvalue weighted by Crippen LogP contribution is -2.20. The number of amides is 1. The molecule has 0 saturated carbocycles. The molecule has 8 heteroatoms. The molecule has 0 atom stereocenters. The maximum Gasteiger partial charge on any atom is 0.270 e. The van der Waals surface area contributed by atoms with E-state index in [4.69, 9.17) is 0 Å². The van der Waals surface area contributed by atoms with E-state index in [1.165, 1.54) is 41.1 Å². The van der Waals surface area contributed by atoms with Gasteiger partial charge in [-0.15, -0.1) is 0 Å². The van der Waals surface area contributed by atoms with Gasteiger partial charge >= 0.3 is 0 Å². The number of aromatic nitrogens is 1. The average molecular weight is 413 g/mol. The first-order valence-corrected chi connectivity index (χ1v) is 7.46. The van der Waals surface area contributed by atoms with Crippen molar-refractivity contribution in [1.82, 2.24) is 4.57 Å². The zero-order chi connectivity index (χ0) is 16.3. The van der Waals surface area contributed by atoms with Gasteiger partial charge < -0.3 is 9.88 Å². The molecule has 114 valence electrons. The van der Waals surface area contributed by atoms with Crippen LogP contribution in [0.25, 0.3) is 0 Å². The molecule has 0 fully saturated rings. The summed E-state index contributed by atoms with van der Waals surface area (Å²) in [5.41, 5.74) is 0.354. The van der Waals surface area contributed by atoms with E-state index in [-0.39, 0.29) is 16.8 Å². The smallest absolute Gasteiger partial charge is 0.270 e. The van der Waals surface area contributed by atoms with E-state index >= 15 is 0 Å². The maximum absolute atomic E-state index is 12.3. The number of nitro benzene ring substituents is 1. The number of nitro groups is 1. The van der Waals surface area contributed by atoms with Gasteiger partial charge in [0.15, 0.2) is 0 Å². The van der Waals surface area contributed by atoms with Crippen LogP contribution in [0.2, 0.25) is 0 Å². The predicted octanol–water partition coefficient (Wildman–Crippen LogP) is 2.63. The molecule has 0 aliphatic carbocycles. The zero-order valence-electron chi connectivity index (χ0n) is 11.6. The first kappa shape index (κ1) is 16.1. The Kier molecular flexibility index (Phi) is 4.91. The third-order valence-electron chi connectivity index (χ3n) is 2.99. The Labute approximate surface area is 139 Å². The third-order valence-corrected chi connectivity index (χ3v) is 3.93. The Morgan fingerprint density at radius 1 is 1.36 bits per heavy atom. The van der Waals surface area contributed by atoms with Crippen molar-refractivity contribution >= 4 is 39.9 Å². The molecular weight excluding hydrogens is 401 g/mol. The highest BCUT2D eigenvalue weighted by Gasteiger charge is 2.15. The van der Waals surface area contributed by atoms with Crippen molar-refractivity contribution in [3.63, 3.8) is 0 Å². The zero-order valence-corrected chi connectivity index (χ0v) is 13.7. The number of nitrogens with zero attached hydrogens (tertiary/aromatic N) is 2. The number of benzene rings is 1. The van der Waals surface area contributed by atoms with Crippen LogP contribution in [0.15, 0.2) is 41.3 Å². The summed E-state index contributed by atoms with van der Waals surface area (Å²) in [5.74, 6) is -0.464. The number of aryl methyl sites for hydroxylation is 1. The van der Waals surface area contributed by atoms with E-state index in [1.807, 2.05) is 29.5 Å². The van der Waals surface area contributed by atoms with Crippen LogP contribution in [0.1, 0.15) is 17.3 Å².